The fourth-order valence-electron chi connectivity index (χ4n) is 3.87. The molecule has 0 heterocycles. The Hall–Kier alpha value is -0.0100. The van der Waals surface area contributed by atoms with E-state index in [0.717, 1.165) is 24.4 Å². The van der Waals surface area contributed by atoms with E-state index in [1.54, 1.807) is 5.54 Å². The Morgan fingerprint density at radius 1 is 0.944 bits per heavy atom. The molecular formula is C16H27ClO. The van der Waals surface area contributed by atoms with E-state index >= 15 is 0 Å². The zero-order chi connectivity index (χ0) is 12.8. The third-order valence-corrected chi connectivity index (χ3v) is 5.09. The summed E-state index contributed by atoms with van der Waals surface area (Å²) < 4.78 is 5.74. The normalized spacial score (nSPS) is 38.1. The molecule has 0 amide bonds. The van der Waals surface area contributed by atoms with Crippen LogP contribution in [0.1, 0.15) is 58.3 Å². The van der Waals surface area contributed by atoms with Gasteiger partial charge < -0.3 is 4.74 Å². The molecular weight excluding hydrogens is 244 g/mol. The minimum Gasteiger partial charge on any atom is -0.379 e. The number of ether oxygens (including phenoxy) is 1. The first kappa shape index (κ1) is 14.4. The van der Waals surface area contributed by atoms with Gasteiger partial charge in [-0.15, -0.1) is 0 Å². The standard InChI is InChI=1S/C16H27ClO/c1-2-18-16-9-7-15(8-10-16)14-5-3-13(4-6-14)11-12-17/h11-16H,2-10H2,1H3/b12-11+. The molecule has 0 unspecified atom stereocenters. The first-order valence-electron chi connectivity index (χ1n) is 7.72. The quantitative estimate of drug-likeness (QED) is 0.687. The molecule has 0 atom stereocenters. The number of allylic oxidation sites excluding steroid dienone is 1. The van der Waals surface area contributed by atoms with E-state index in [2.05, 4.69) is 13.0 Å². The Labute approximate surface area is 117 Å². The third-order valence-electron chi connectivity index (χ3n) is 4.95. The Morgan fingerprint density at radius 2 is 1.50 bits per heavy atom. The van der Waals surface area contributed by atoms with Gasteiger partial charge in [0.2, 0.25) is 0 Å². The van der Waals surface area contributed by atoms with Crippen LogP contribution in [0.15, 0.2) is 11.6 Å². The second kappa shape index (κ2) is 7.55. The van der Waals surface area contributed by atoms with Crippen LogP contribution in [-0.4, -0.2) is 12.7 Å². The van der Waals surface area contributed by atoms with Gasteiger partial charge >= 0.3 is 0 Å². The third kappa shape index (κ3) is 3.99. The second-order valence-electron chi connectivity index (χ2n) is 5.99. The molecule has 0 spiro atoms. The second-order valence-corrected chi connectivity index (χ2v) is 6.24. The average molecular weight is 271 g/mol. The highest BCUT2D eigenvalue weighted by atomic mass is 35.5. The summed E-state index contributed by atoms with van der Waals surface area (Å²) >= 11 is 5.67. The molecule has 2 fully saturated rings. The average Bonchev–Trinajstić information content (AvgIpc) is 2.41. The van der Waals surface area contributed by atoms with Crippen LogP contribution in [0, 0.1) is 17.8 Å². The molecule has 0 aliphatic heterocycles. The van der Waals surface area contributed by atoms with Crippen molar-refractivity contribution >= 4 is 11.6 Å². The van der Waals surface area contributed by atoms with Crippen LogP contribution in [-0.2, 0) is 4.74 Å². The van der Waals surface area contributed by atoms with E-state index in [9.17, 15) is 0 Å². The maximum atomic E-state index is 5.74. The molecule has 2 rings (SSSR count). The minimum atomic E-state index is 0.557. The molecule has 0 saturated heterocycles. The van der Waals surface area contributed by atoms with Crippen LogP contribution < -0.4 is 0 Å². The van der Waals surface area contributed by atoms with E-state index in [1.807, 2.05) is 0 Å². The largest absolute Gasteiger partial charge is 0.379 e. The van der Waals surface area contributed by atoms with Crippen molar-refractivity contribution in [2.45, 2.75) is 64.4 Å². The summed E-state index contributed by atoms with van der Waals surface area (Å²) in [4.78, 5) is 0. The van der Waals surface area contributed by atoms with Gasteiger partial charge in [-0.1, -0.05) is 17.7 Å². The Kier molecular flexibility index (Phi) is 6.04. The lowest BCUT2D eigenvalue weighted by Gasteiger charge is -2.37. The fraction of sp³-hybridized carbons (Fsp3) is 0.875. The summed E-state index contributed by atoms with van der Waals surface area (Å²) in [7, 11) is 0. The first-order valence-corrected chi connectivity index (χ1v) is 8.15. The van der Waals surface area contributed by atoms with Gasteiger partial charge in [-0.2, -0.15) is 0 Å². The van der Waals surface area contributed by atoms with Crippen molar-refractivity contribution in [2.75, 3.05) is 6.61 Å². The molecule has 2 aliphatic carbocycles. The molecule has 2 saturated carbocycles. The summed E-state index contributed by atoms with van der Waals surface area (Å²) in [6.07, 6.45) is 13.6. The van der Waals surface area contributed by atoms with Gasteiger partial charge in [0.1, 0.15) is 0 Å². The summed E-state index contributed by atoms with van der Waals surface area (Å²) in [5, 5.41) is 0. The predicted octanol–water partition coefficient (Wildman–Crippen LogP) is 5.14. The lowest BCUT2D eigenvalue weighted by Crippen LogP contribution is -2.28. The van der Waals surface area contributed by atoms with Gasteiger partial charge in [-0.25, -0.2) is 0 Å². The van der Waals surface area contributed by atoms with E-state index in [0.29, 0.717) is 6.10 Å². The highest BCUT2D eigenvalue weighted by molar-refractivity contribution is 6.25. The number of hydrogen-bond donors (Lipinski definition) is 0. The van der Waals surface area contributed by atoms with Gasteiger partial charge in [0.15, 0.2) is 0 Å². The van der Waals surface area contributed by atoms with Crippen molar-refractivity contribution in [1.29, 1.82) is 0 Å². The van der Waals surface area contributed by atoms with Crippen molar-refractivity contribution in [1.82, 2.24) is 0 Å². The van der Waals surface area contributed by atoms with Crippen LogP contribution in [0.3, 0.4) is 0 Å². The Bertz CT molecular complexity index is 248. The molecule has 0 N–H and O–H groups in total. The van der Waals surface area contributed by atoms with Crippen LogP contribution in [0.5, 0.6) is 0 Å². The maximum absolute atomic E-state index is 5.74. The smallest absolute Gasteiger partial charge is 0.0575 e. The summed E-state index contributed by atoms with van der Waals surface area (Å²) in [6, 6.07) is 0. The van der Waals surface area contributed by atoms with Gasteiger partial charge in [0.25, 0.3) is 0 Å². The molecule has 2 aliphatic rings. The highest BCUT2D eigenvalue weighted by Crippen LogP contribution is 2.40. The molecule has 104 valence electrons. The Morgan fingerprint density at radius 3 is 2.00 bits per heavy atom. The van der Waals surface area contributed by atoms with E-state index in [1.165, 1.54) is 51.4 Å². The number of rotatable bonds is 4. The molecule has 0 aromatic heterocycles. The van der Waals surface area contributed by atoms with Crippen molar-refractivity contribution in [2.24, 2.45) is 17.8 Å². The summed E-state index contributed by atoms with van der Waals surface area (Å²) in [6.45, 7) is 2.99. The monoisotopic (exact) mass is 270 g/mol. The van der Waals surface area contributed by atoms with Crippen LogP contribution in [0.4, 0.5) is 0 Å². The molecule has 1 nitrogen and oxygen atoms in total. The first-order chi connectivity index (χ1) is 8.83. The van der Waals surface area contributed by atoms with Crippen molar-refractivity contribution in [3.8, 4) is 0 Å². The van der Waals surface area contributed by atoms with E-state index < -0.39 is 0 Å². The zero-order valence-corrected chi connectivity index (χ0v) is 12.4. The fourth-order valence-corrected chi connectivity index (χ4v) is 4.08. The molecule has 0 radical (unpaired) electrons. The van der Waals surface area contributed by atoms with E-state index in [-0.39, 0.29) is 0 Å². The predicted molar refractivity (Wildman–Crippen MR) is 77.8 cm³/mol. The van der Waals surface area contributed by atoms with Crippen molar-refractivity contribution < 1.29 is 4.74 Å². The lowest BCUT2D eigenvalue weighted by molar-refractivity contribution is 0.0142. The summed E-state index contributed by atoms with van der Waals surface area (Å²) in [5.74, 6) is 2.70. The summed E-state index contributed by atoms with van der Waals surface area (Å²) in [5.41, 5.74) is 1.71. The molecule has 0 aromatic rings. The van der Waals surface area contributed by atoms with Gasteiger partial charge in [0, 0.05) is 12.1 Å². The van der Waals surface area contributed by atoms with Gasteiger partial charge in [0.05, 0.1) is 6.10 Å². The van der Waals surface area contributed by atoms with Crippen LogP contribution in [0.25, 0.3) is 0 Å². The SMILES string of the molecule is CCOC1CCC(C2CCC(/C=C/Cl)CC2)CC1. The molecule has 2 heteroatoms. The molecule has 0 bridgehead atoms. The van der Waals surface area contributed by atoms with E-state index in [4.69, 9.17) is 16.3 Å². The number of hydrogen-bond acceptors (Lipinski definition) is 1. The maximum Gasteiger partial charge on any atom is 0.0575 e. The van der Waals surface area contributed by atoms with Crippen LogP contribution in [0.2, 0.25) is 0 Å². The molecule has 0 aromatic carbocycles. The topological polar surface area (TPSA) is 9.23 Å². The van der Waals surface area contributed by atoms with Crippen LogP contribution >= 0.6 is 11.6 Å². The highest BCUT2D eigenvalue weighted by Gasteiger charge is 2.30. The van der Waals surface area contributed by atoms with Crippen molar-refractivity contribution in [3.63, 3.8) is 0 Å². The zero-order valence-electron chi connectivity index (χ0n) is 11.6. The lowest BCUT2D eigenvalue weighted by atomic mass is 9.70. The number of halogens is 1. The van der Waals surface area contributed by atoms with Crippen molar-refractivity contribution in [3.05, 3.63) is 11.6 Å². The van der Waals surface area contributed by atoms with Gasteiger partial charge in [-0.05, 0) is 76.0 Å². The van der Waals surface area contributed by atoms with Gasteiger partial charge in [-0.3, -0.25) is 0 Å². The molecule has 18 heavy (non-hydrogen) atoms. The Balaban J connectivity index is 1.71. The minimum absolute atomic E-state index is 0.557.